The number of aryl methyl sites for hydroxylation is 2. The Labute approximate surface area is 116 Å². The molecule has 7 nitrogen and oxygen atoms in total. The van der Waals surface area contributed by atoms with E-state index in [0.29, 0.717) is 24.3 Å². The van der Waals surface area contributed by atoms with Crippen LogP contribution in [0.15, 0.2) is 18.5 Å². The van der Waals surface area contributed by atoms with Crippen LogP contribution in [0.1, 0.15) is 27.8 Å². The smallest absolute Gasteiger partial charge is 0.272 e. The van der Waals surface area contributed by atoms with E-state index >= 15 is 0 Å². The van der Waals surface area contributed by atoms with Crippen LogP contribution in [-0.2, 0) is 7.05 Å². The predicted octanol–water partition coefficient (Wildman–Crippen LogP) is 0.494. The number of hydrogen-bond acceptors (Lipinski definition) is 4. The van der Waals surface area contributed by atoms with E-state index in [9.17, 15) is 4.79 Å². The first-order valence-corrected chi connectivity index (χ1v) is 6.32. The first kappa shape index (κ1) is 12.4. The molecule has 0 aliphatic carbocycles. The molecule has 3 heterocycles. The number of nitrogens with zero attached hydrogens (tertiary/aromatic N) is 6. The van der Waals surface area contributed by atoms with E-state index in [0.717, 1.165) is 5.69 Å². The summed E-state index contributed by atoms with van der Waals surface area (Å²) in [6, 6.07) is 3.98. The van der Waals surface area contributed by atoms with Gasteiger partial charge in [0.25, 0.3) is 5.91 Å². The summed E-state index contributed by atoms with van der Waals surface area (Å²) in [4.78, 5) is 14.0. The lowest BCUT2D eigenvalue weighted by Crippen LogP contribution is -2.51. The molecule has 0 bridgehead atoms. The van der Waals surface area contributed by atoms with Crippen molar-refractivity contribution in [3.05, 3.63) is 35.4 Å². The molecule has 1 aliphatic heterocycles. The van der Waals surface area contributed by atoms with Crippen LogP contribution in [0.2, 0.25) is 0 Å². The van der Waals surface area contributed by atoms with Crippen molar-refractivity contribution in [1.29, 1.82) is 5.26 Å². The largest absolute Gasteiger partial charge is 0.333 e. The SMILES string of the molecule is Cc1cc(C(=O)N2CC(n3cc(C#N)cn3)C2)n(C)n1. The third-order valence-electron chi connectivity index (χ3n) is 3.48. The van der Waals surface area contributed by atoms with E-state index in [1.807, 2.05) is 13.0 Å². The van der Waals surface area contributed by atoms with Crippen LogP contribution in [0.4, 0.5) is 0 Å². The molecule has 2 aromatic heterocycles. The number of nitriles is 1. The maximum absolute atomic E-state index is 12.3. The molecule has 1 saturated heterocycles. The molecule has 0 unspecified atom stereocenters. The Morgan fingerprint density at radius 3 is 2.80 bits per heavy atom. The standard InChI is InChI=1S/C13H14N6O/c1-9-3-12(17(2)16-9)13(20)18-7-11(8-18)19-6-10(4-14)5-15-19/h3,5-6,11H,7-8H2,1-2H3. The van der Waals surface area contributed by atoms with Crippen LogP contribution in [0.3, 0.4) is 0 Å². The van der Waals surface area contributed by atoms with Crippen molar-refractivity contribution in [2.75, 3.05) is 13.1 Å². The topological polar surface area (TPSA) is 79.7 Å². The van der Waals surface area contributed by atoms with Crippen LogP contribution >= 0.6 is 0 Å². The summed E-state index contributed by atoms with van der Waals surface area (Å²) in [5, 5.41) is 17.1. The van der Waals surface area contributed by atoms with Crippen molar-refractivity contribution in [2.45, 2.75) is 13.0 Å². The van der Waals surface area contributed by atoms with Crippen LogP contribution in [0.5, 0.6) is 0 Å². The lowest BCUT2D eigenvalue weighted by atomic mass is 10.1. The molecule has 0 spiro atoms. The van der Waals surface area contributed by atoms with Crippen molar-refractivity contribution >= 4 is 5.91 Å². The third-order valence-corrected chi connectivity index (χ3v) is 3.48. The molecular formula is C13H14N6O. The minimum absolute atomic E-state index is 0.0167. The molecule has 102 valence electrons. The van der Waals surface area contributed by atoms with Gasteiger partial charge in [0.1, 0.15) is 11.8 Å². The molecule has 1 amide bonds. The van der Waals surface area contributed by atoms with Crippen LogP contribution in [-0.4, -0.2) is 43.5 Å². The van der Waals surface area contributed by atoms with Crippen LogP contribution in [0, 0.1) is 18.3 Å². The fraction of sp³-hybridized carbons (Fsp3) is 0.385. The van der Waals surface area contributed by atoms with Crippen molar-refractivity contribution in [3.8, 4) is 6.07 Å². The van der Waals surface area contributed by atoms with Gasteiger partial charge in [-0.05, 0) is 13.0 Å². The Morgan fingerprint density at radius 2 is 2.25 bits per heavy atom. The summed E-state index contributed by atoms with van der Waals surface area (Å²) in [5.41, 5.74) is 1.97. The Bertz CT molecular complexity index is 701. The molecular weight excluding hydrogens is 256 g/mol. The van der Waals surface area contributed by atoms with E-state index in [-0.39, 0.29) is 11.9 Å². The Kier molecular flexibility index (Phi) is 2.79. The fourth-order valence-corrected chi connectivity index (χ4v) is 2.36. The van der Waals surface area contributed by atoms with Crippen molar-refractivity contribution < 1.29 is 4.79 Å². The molecule has 0 N–H and O–H groups in total. The van der Waals surface area contributed by atoms with Crippen molar-refractivity contribution in [1.82, 2.24) is 24.5 Å². The molecule has 20 heavy (non-hydrogen) atoms. The van der Waals surface area contributed by atoms with Gasteiger partial charge in [0.15, 0.2) is 0 Å². The minimum Gasteiger partial charge on any atom is -0.333 e. The number of carbonyl (C=O) groups excluding carboxylic acids is 1. The second kappa shape index (κ2) is 4.49. The molecule has 0 radical (unpaired) electrons. The molecule has 7 heteroatoms. The van der Waals surface area contributed by atoms with Gasteiger partial charge in [0.05, 0.1) is 23.5 Å². The van der Waals surface area contributed by atoms with E-state index in [1.165, 1.54) is 6.20 Å². The maximum atomic E-state index is 12.3. The van der Waals surface area contributed by atoms with Gasteiger partial charge in [-0.2, -0.15) is 15.5 Å². The molecule has 1 fully saturated rings. The van der Waals surface area contributed by atoms with Crippen LogP contribution in [0.25, 0.3) is 0 Å². The van der Waals surface area contributed by atoms with Crippen molar-refractivity contribution in [2.24, 2.45) is 7.05 Å². The van der Waals surface area contributed by atoms with E-state index in [4.69, 9.17) is 5.26 Å². The number of hydrogen-bond donors (Lipinski definition) is 0. The zero-order valence-electron chi connectivity index (χ0n) is 11.3. The highest BCUT2D eigenvalue weighted by Gasteiger charge is 2.34. The number of likely N-dealkylation sites (tertiary alicyclic amines) is 1. The molecule has 1 aliphatic rings. The highest BCUT2D eigenvalue weighted by molar-refractivity contribution is 5.93. The average Bonchev–Trinajstić information content (AvgIpc) is 2.94. The maximum Gasteiger partial charge on any atom is 0.272 e. The predicted molar refractivity (Wildman–Crippen MR) is 69.8 cm³/mol. The summed E-state index contributed by atoms with van der Waals surface area (Å²) < 4.78 is 3.35. The fourth-order valence-electron chi connectivity index (χ4n) is 2.36. The summed E-state index contributed by atoms with van der Waals surface area (Å²) in [6.07, 6.45) is 3.25. The highest BCUT2D eigenvalue weighted by atomic mass is 16.2. The molecule has 0 aromatic carbocycles. The van der Waals surface area contributed by atoms with Gasteiger partial charge in [-0.3, -0.25) is 14.2 Å². The van der Waals surface area contributed by atoms with Crippen LogP contribution < -0.4 is 0 Å². The van der Waals surface area contributed by atoms with Gasteiger partial charge >= 0.3 is 0 Å². The molecule has 0 saturated carbocycles. The molecule has 0 atom stereocenters. The lowest BCUT2D eigenvalue weighted by molar-refractivity contribution is 0.0490. The zero-order chi connectivity index (χ0) is 14.3. The zero-order valence-corrected chi connectivity index (χ0v) is 11.3. The number of amides is 1. The first-order valence-electron chi connectivity index (χ1n) is 6.32. The summed E-state index contributed by atoms with van der Waals surface area (Å²) in [7, 11) is 1.77. The Balaban J connectivity index is 1.67. The van der Waals surface area contributed by atoms with Gasteiger partial charge in [-0.25, -0.2) is 0 Å². The molecule has 2 aromatic rings. The average molecular weight is 270 g/mol. The van der Waals surface area contributed by atoms with Gasteiger partial charge in [0, 0.05) is 26.3 Å². The van der Waals surface area contributed by atoms with E-state index in [1.54, 1.807) is 33.6 Å². The Hall–Kier alpha value is -2.62. The Morgan fingerprint density at radius 1 is 1.50 bits per heavy atom. The second-order valence-electron chi connectivity index (χ2n) is 4.98. The summed E-state index contributed by atoms with van der Waals surface area (Å²) in [5.74, 6) is -0.0167. The third kappa shape index (κ3) is 1.95. The monoisotopic (exact) mass is 270 g/mol. The van der Waals surface area contributed by atoms with Gasteiger partial charge in [-0.1, -0.05) is 0 Å². The quantitative estimate of drug-likeness (QED) is 0.795. The number of carbonyl (C=O) groups is 1. The minimum atomic E-state index is -0.0167. The van der Waals surface area contributed by atoms with E-state index in [2.05, 4.69) is 10.2 Å². The van der Waals surface area contributed by atoms with Gasteiger partial charge in [0.2, 0.25) is 0 Å². The first-order chi connectivity index (χ1) is 9.58. The molecule has 3 rings (SSSR count). The lowest BCUT2D eigenvalue weighted by Gasteiger charge is -2.39. The van der Waals surface area contributed by atoms with Gasteiger partial charge < -0.3 is 4.90 Å². The van der Waals surface area contributed by atoms with Gasteiger partial charge in [-0.15, -0.1) is 0 Å². The summed E-state index contributed by atoms with van der Waals surface area (Å²) in [6.45, 7) is 3.08. The summed E-state index contributed by atoms with van der Waals surface area (Å²) >= 11 is 0. The number of rotatable bonds is 2. The normalized spacial score (nSPS) is 14.9. The van der Waals surface area contributed by atoms with E-state index < -0.39 is 0 Å². The van der Waals surface area contributed by atoms with Crippen molar-refractivity contribution in [3.63, 3.8) is 0 Å². The number of aromatic nitrogens is 4. The highest BCUT2D eigenvalue weighted by Crippen LogP contribution is 2.23. The second-order valence-corrected chi connectivity index (χ2v) is 4.98.